The zero-order valence-corrected chi connectivity index (χ0v) is 23.8. The normalized spacial score (nSPS) is 18.6. The quantitative estimate of drug-likeness (QED) is 0.457. The first-order valence-corrected chi connectivity index (χ1v) is 13.4. The molecule has 9 heteroatoms. The third kappa shape index (κ3) is 6.99. The molecule has 39 heavy (non-hydrogen) atoms. The van der Waals surface area contributed by atoms with Crippen LogP contribution in [0.4, 0.5) is 0 Å². The van der Waals surface area contributed by atoms with Gasteiger partial charge in [-0.05, 0) is 56.7 Å². The van der Waals surface area contributed by atoms with Crippen LogP contribution in [0, 0.1) is 0 Å². The van der Waals surface area contributed by atoms with Crippen LogP contribution in [0.5, 0.6) is 0 Å². The Morgan fingerprint density at radius 3 is 2.36 bits per heavy atom. The van der Waals surface area contributed by atoms with Crippen molar-refractivity contribution in [2.75, 3.05) is 26.3 Å². The molecule has 212 valence electrons. The van der Waals surface area contributed by atoms with E-state index in [-0.39, 0.29) is 42.2 Å². The summed E-state index contributed by atoms with van der Waals surface area (Å²) in [6, 6.07) is 16.9. The number of fused-ring (bicyclic) bond motifs is 2. The van der Waals surface area contributed by atoms with E-state index in [4.69, 9.17) is 15.2 Å². The number of amides is 2. The fourth-order valence-corrected chi connectivity index (χ4v) is 5.58. The van der Waals surface area contributed by atoms with Gasteiger partial charge in [0.25, 0.3) is 0 Å². The number of benzene rings is 2. The van der Waals surface area contributed by atoms with Gasteiger partial charge in [-0.2, -0.15) is 0 Å². The van der Waals surface area contributed by atoms with Crippen LogP contribution < -0.4 is 11.1 Å². The van der Waals surface area contributed by atoms with Crippen LogP contribution >= 0.6 is 12.4 Å². The molecule has 1 heterocycles. The molecule has 0 saturated carbocycles. The van der Waals surface area contributed by atoms with Gasteiger partial charge < -0.3 is 25.4 Å². The highest BCUT2D eigenvalue weighted by Crippen LogP contribution is 2.52. The highest BCUT2D eigenvalue weighted by atomic mass is 35.5. The number of hydrogen-bond donors (Lipinski definition) is 2. The molecule has 4 rings (SSSR count). The van der Waals surface area contributed by atoms with Crippen molar-refractivity contribution in [3.05, 3.63) is 71.3 Å². The summed E-state index contributed by atoms with van der Waals surface area (Å²) in [5.41, 5.74) is 7.90. The van der Waals surface area contributed by atoms with Crippen molar-refractivity contribution in [1.82, 2.24) is 10.2 Å². The van der Waals surface area contributed by atoms with E-state index >= 15 is 0 Å². The Kier molecular flexibility index (Phi) is 10.2. The fourth-order valence-electron chi connectivity index (χ4n) is 5.58. The molecule has 1 aliphatic heterocycles. The second kappa shape index (κ2) is 12.9. The predicted octanol–water partition coefficient (Wildman–Crippen LogP) is 3.46. The largest absolute Gasteiger partial charge is 0.466 e. The maximum atomic E-state index is 13.6. The van der Waals surface area contributed by atoms with Gasteiger partial charge in [-0.1, -0.05) is 54.6 Å². The molecular formula is C30H40ClN3O5. The number of carbonyl (C=O) groups excluding carboxylic acids is 3. The third-order valence-corrected chi connectivity index (χ3v) is 7.69. The third-order valence-electron chi connectivity index (χ3n) is 7.69. The summed E-state index contributed by atoms with van der Waals surface area (Å²) in [4.78, 5) is 40.8. The van der Waals surface area contributed by atoms with E-state index in [9.17, 15) is 14.4 Å². The summed E-state index contributed by atoms with van der Waals surface area (Å²) in [6.07, 6.45) is 2.16. The van der Waals surface area contributed by atoms with Crippen LogP contribution in [0.2, 0.25) is 0 Å². The van der Waals surface area contributed by atoms with E-state index in [1.54, 1.807) is 18.7 Å². The van der Waals surface area contributed by atoms with Crippen LogP contribution in [-0.4, -0.2) is 60.6 Å². The Morgan fingerprint density at radius 1 is 1.08 bits per heavy atom. The molecule has 2 amide bonds. The fraction of sp³-hybridized carbons (Fsp3) is 0.500. The number of nitrogens with one attached hydrogen (secondary N) is 1. The summed E-state index contributed by atoms with van der Waals surface area (Å²) in [5.74, 6) is -1.05. The smallest absolute Gasteiger partial charge is 0.313 e. The van der Waals surface area contributed by atoms with Gasteiger partial charge in [0.15, 0.2) is 0 Å². The zero-order valence-electron chi connectivity index (χ0n) is 23.0. The monoisotopic (exact) mass is 557 g/mol. The number of nitrogens with two attached hydrogens (primary N) is 1. The first-order chi connectivity index (χ1) is 18.1. The van der Waals surface area contributed by atoms with Gasteiger partial charge in [0.05, 0.1) is 31.3 Å². The summed E-state index contributed by atoms with van der Waals surface area (Å²) in [6.45, 7) is 6.83. The second-order valence-electron chi connectivity index (χ2n) is 11.0. The Balaban J connectivity index is 0.00000420. The van der Waals surface area contributed by atoms with Crippen molar-refractivity contribution < 1.29 is 23.9 Å². The van der Waals surface area contributed by atoms with Crippen LogP contribution in [0.25, 0.3) is 0 Å². The van der Waals surface area contributed by atoms with E-state index in [1.165, 1.54) is 5.56 Å². The second-order valence-corrected chi connectivity index (χ2v) is 11.0. The van der Waals surface area contributed by atoms with Gasteiger partial charge in [0, 0.05) is 18.5 Å². The SMILES string of the molecule is CCOC(=O)[C@@H]1CC2(CCN(C(=O)[C@@H](COCc3ccccc3)NC(=O)C(C)(C)N)CC2)c2ccccc21.Cl. The lowest BCUT2D eigenvalue weighted by Crippen LogP contribution is -2.59. The van der Waals surface area contributed by atoms with Crippen LogP contribution in [0.3, 0.4) is 0 Å². The molecule has 0 aromatic heterocycles. The van der Waals surface area contributed by atoms with Gasteiger partial charge in [-0.25, -0.2) is 0 Å². The van der Waals surface area contributed by atoms with E-state index in [2.05, 4.69) is 11.4 Å². The molecule has 2 aliphatic rings. The minimum absolute atomic E-state index is 0. The molecule has 1 aliphatic carbocycles. The molecule has 2 aromatic carbocycles. The molecule has 3 N–H and O–H groups in total. The molecule has 2 aromatic rings. The topological polar surface area (TPSA) is 111 Å². The average molecular weight is 558 g/mol. The zero-order chi connectivity index (χ0) is 27.3. The number of rotatable bonds is 9. The molecular weight excluding hydrogens is 518 g/mol. The van der Waals surface area contributed by atoms with Gasteiger partial charge >= 0.3 is 5.97 Å². The number of hydrogen-bond acceptors (Lipinski definition) is 6. The van der Waals surface area contributed by atoms with Gasteiger partial charge in [-0.15, -0.1) is 12.4 Å². The van der Waals surface area contributed by atoms with E-state index in [0.29, 0.717) is 32.7 Å². The summed E-state index contributed by atoms with van der Waals surface area (Å²) in [5, 5.41) is 2.81. The molecule has 8 nitrogen and oxygen atoms in total. The first-order valence-electron chi connectivity index (χ1n) is 13.4. The predicted molar refractivity (Wildman–Crippen MR) is 151 cm³/mol. The van der Waals surface area contributed by atoms with Crippen molar-refractivity contribution in [3.8, 4) is 0 Å². The van der Waals surface area contributed by atoms with Crippen LogP contribution in [-0.2, 0) is 35.9 Å². The first kappa shape index (κ1) is 30.6. The van der Waals surface area contributed by atoms with Crippen LogP contribution in [0.15, 0.2) is 54.6 Å². The molecule has 0 radical (unpaired) electrons. The molecule has 0 bridgehead atoms. The summed E-state index contributed by atoms with van der Waals surface area (Å²) >= 11 is 0. The molecule has 2 atom stereocenters. The van der Waals surface area contributed by atoms with Gasteiger partial charge in [-0.3, -0.25) is 14.4 Å². The highest BCUT2D eigenvalue weighted by Gasteiger charge is 2.48. The van der Waals surface area contributed by atoms with Crippen molar-refractivity contribution in [2.24, 2.45) is 5.73 Å². The molecule has 1 spiro atoms. The van der Waals surface area contributed by atoms with Crippen molar-refractivity contribution in [1.29, 1.82) is 0 Å². The lowest BCUT2D eigenvalue weighted by Gasteiger charge is -2.41. The van der Waals surface area contributed by atoms with Crippen molar-refractivity contribution in [2.45, 2.75) is 69.6 Å². The maximum absolute atomic E-state index is 13.6. The number of nitrogens with zero attached hydrogens (tertiary/aromatic N) is 1. The van der Waals surface area contributed by atoms with Crippen molar-refractivity contribution in [3.63, 3.8) is 0 Å². The number of esters is 1. The average Bonchev–Trinajstić information content (AvgIpc) is 3.22. The number of likely N-dealkylation sites (tertiary alicyclic amines) is 1. The van der Waals surface area contributed by atoms with E-state index < -0.39 is 17.5 Å². The highest BCUT2D eigenvalue weighted by molar-refractivity contribution is 5.91. The lowest BCUT2D eigenvalue weighted by molar-refractivity contribution is -0.145. The Bertz CT molecular complexity index is 1140. The Morgan fingerprint density at radius 2 is 1.72 bits per heavy atom. The van der Waals surface area contributed by atoms with Gasteiger partial charge in [0.2, 0.25) is 11.8 Å². The molecule has 1 saturated heterocycles. The van der Waals surface area contributed by atoms with Crippen molar-refractivity contribution >= 4 is 30.2 Å². The standard InChI is InChI=1S/C30H39N3O5.ClH/c1-4-38-27(35)23-18-30(24-13-9-8-12-22(23)24)14-16-33(17-15-30)26(34)25(32-28(36)29(2,3)31)20-37-19-21-10-6-5-7-11-21;/h5-13,23,25H,4,14-20,31H2,1-3H3,(H,32,36);1H/t23-,25-;/m1./s1. The summed E-state index contributed by atoms with van der Waals surface area (Å²) < 4.78 is 11.2. The van der Waals surface area contributed by atoms with E-state index in [0.717, 1.165) is 24.0 Å². The maximum Gasteiger partial charge on any atom is 0.313 e. The number of ether oxygens (including phenoxy) is 2. The minimum atomic E-state index is -1.13. The number of carbonyl (C=O) groups is 3. The Hall–Kier alpha value is -2.94. The number of piperidine rings is 1. The molecule has 1 fully saturated rings. The minimum Gasteiger partial charge on any atom is -0.466 e. The van der Waals surface area contributed by atoms with Crippen LogP contribution in [0.1, 0.15) is 62.6 Å². The summed E-state index contributed by atoms with van der Waals surface area (Å²) in [7, 11) is 0. The van der Waals surface area contributed by atoms with E-state index in [1.807, 2.05) is 55.5 Å². The lowest BCUT2D eigenvalue weighted by atomic mass is 9.73. The Labute approximate surface area is 237 Å². The number of halogens is 1. The molecule has 0 unspecified atom stereocenters. The van der Waals surface area contributed by atoms with Gasteiger partial charge in [0.1, 0.15) is 6.04 Å².